The zero-order valence-electron chi connectivity index (χ0n) is 17.5. The molecule has 4 rings (SSSR count). The highest BCUT2D eigenvalue weighted by atomic mass is 16.5. The lowest BCUT2D eigenvalue weighted by Crippen LogP contribution is -2.42. The lowest BCUT2D eigenvalue weighted by molar-refractivity contribution is -0.135. The lowest BCUT2D eigenvalue weighted by Gasteiger charge is -2.32. The fourth-order valence-corrected chi connectivity index (χ4v) is 4.09. The summed E-state index contributed by atoms with van der Waals surface area (Å²) in [6.07, 6.45) is 1.62. The van der Waals surface area contributed by atoms with Crippen molar-refractivity contribution in [3.63, 3.8) is 0 Å². The minimum atomic E-state index is -0.101. The molecule has 7 heteroatoms. The summed E-state index contributed by atoms with van der Waals surface area (Å²) in [6, 6.07) is 16.8. The number of ether oxygens (including phenoxy) is 1. The third kappa shape index (κ3) is 5.05. The Morgan fingerprint density at radius 1 is 0.871 bits per heavy atom. The summed E-state index contributed by atoms with van der Waals surface area (Å²) in [6.45, 7) is 2.03. The molecule has 0 unspecified atom stereocenters. The van der Waals surface area contributed by atoms with E-state index in [2.05, 4.69) is 5.32 Å². The van der Waals surface area contributed by atoms with Gasteiger partial charge in [-0.2, -0.15) is 0 Å². The maximum atomic E-state index is 12.7. The van der Waals surface area contributed by atoms with Crippen molar-refractivity contribution in [2.45, 2.75) is 25.7 Å². The minimum Gasteiger partial charge on any atom is -0.490 e. The molecule has 0 spiro atoms. The van der Waals surface area contributed by atoms with Crippen molar-refractivity contribution in [3.05, 3.63) is 54.6 Å². The topological polar surface area (TPSA) is 79.0 Å². The van der Waals surface area contributed by atoms with Gasteiger partial charge in [-0.3, -0.25) is 14.4 Å². The maximum Gasteiger partial charge on any atom is 0.227 e. The van der Waals surface area contributed by atoms with Crippen LogP contribution < -0.4 is 15.0 Å². The number of para-hydroxylation sites is 3. The molecular weight excluding hydrogens is 394 g/mol. The van der Waals surface area contributed by atoms with Crippen LogP contribution >= 0.6 is 0 Å². The van der Waals surface area contributed by atoms with Crippen molar-refractivity contribution in [3.8, 4) is 5.75 Å². The second-order valence-electron chi connectivity index (χ2n) is 7.87. The van der Waals surface area contributed by atoms with Gasteiger partial charge >= 0.3 is 0 Å². The number of carbonyl (C=O) groups is 3. The lowest BCUT2D eigenvalue weighted by atomic mass is 9.95. The van der Waals surface area contributed by atoms with Gasteiger partial charge in [0.15, 0.2) is 0 Å². The maximum absolute atomic E-state index is 12.7. The first-order valence-electron chi connectivity index (χ1n) is 10.8. The number of nitrogens with one attached hydrogen (secondary N) is 1. The molecule has 7 nitrogen and oxygen atoms in total. The monoisotopic (exact) mass is 421 g/mol. The molecule has 2 heterocycles. The molecule has 2 aliphatic rings. The fraction of sp³-hybridized carbons (Fsp3) is 0.375. The van der Waals surface area contributed by atoms with E-state index in [1.165, 1.54) is 0 Å². The highest BCUT2D eigenvalue weighted by Crippen LogP contribution is 2.31. The standard InChI is InChI=1S/C24H27N3O4/c28-22(10-11-23(29)27-16-17-31-21-9-5-4-8-20(21)27)26-14-12-18(13-15-26)24(30)25-19-6-2-1-3-7-19/h1-9,18H,10-17H2,(H,25,30). The number of anilines is 2. The first kappa shape index (κ1) is 20.9. The van der Waals surface area contributed by atoms with Crippen LogP contribution in [0.2, 0.25) is 0 Å². The molecule has 3 amide bonds. The van der Waals surface area contributed by atoms with E-state index in [-0.39, 0.29) is 36.5 Å². The zero-order valence-corrected chi connectivity index (χ0v) is 17.5. The molecule has 2 aromatic rings. The number of benzene rings is 2. The van der Waals surface area contributed by atoms with Gasteiger partial charge in [0.25, 0.3) is 0 Å². The van der Waals surface area contributed by atoms with Gasteiger partial charge in [-0.1, -0.05) is 30.3 Å². The van der Waals surface area contributed by atoms with Crippen LogP contribution in [0.1, 0.15) is 25.7 Å². The van der Waals surface area contributed by atoms with E-state index in [4.69, 9.17) is 4.74 Å². The van der Waals surface area contributed by atoms with Gasteiger partial charge in [0.05, 0.1) is 12.2 Å². The van der Waals surface area contributed by atoms with Gasteiger partial charge in [-0.15, -0.1) is 0 Å². The smallest absolute Gasteiger partial charge is 0.227 e. The average Bonchev–Trinajstić information content (AvgIpc) is 2.82. The molecule has 2 aliphatic heterocycles. The average molecular weight is 421 g/mol. The van der Waals surface area contributed by atoms with Gasteiger partial charge < -0.3 is 19.9 Å². The molecule has 0 bridgehead atoms. The Bertz CT molecular complexity index is 939. The third-order valence-corrected chi connectivity index (χ3v) is 5.84. The first-order chi connectivity index (χ1) is 15.1. The van der Waals surface area contributed by atoms with Crippen molar-refractivity contribution in [2.24, 2.45) is 5.92 Å². The molecule has 0 aliphatic carbocycles. The Morgan fingerprint density at radius 2 is 1.55 bits per heavy atom. The van der Waals surface area contributed by atoms with Gasteiger partial charge in [0, 0.05) is 37.5 Å². The summed E-state index contributed by atoms with van der Waals surface area (Å²) < 4.78 is 5.59. The van der Waals surface area contributed by atoms with E-state index in [9.17, 15) is 14.4 Å². The van der Waals surface area contributed by atoms with Crippen molar-refractivity contribution < 1.29 is 19.1 Å². The predicted molar refractivity (Wildman–Crippen MR) is 118 cm³/mol. The number of hydrogen-bond acceptors (Lipinski definition) is 4. The Morgan fingerprint density at radius 3 is 2.32 bits per heavy atom. The van der Waals surface area contributed by atoms with Crippen LogP contribution in [0.15, 0.2) is 54.6 Å². The highest BCUT2D eigenvalue weighted by Gasteiger charge is 2.28. The Balaban J connectivity index is 1.23. The van der Waals surface area contributed by atoms with Gasteiger partial charge in [0.2, 0.25) is 17.7 Å². The third-order valence-electron chi connectivity index (χ3n) is 5.84. The number of amides is 3. The summed E-state index contributed by atoms with van der Waals surface area (Å²) >= 11 is 0. The molecule has 0 atom stereocenters. The SMILES string of the molecule is O=C(Nc1ccccc1)C1CCN(C(=O)CCC(=O)N2CCOc3ccccc32)CC1. The van der Waals surface area contributed by atoms with Crippen molar-refractivity contribution in [1.82, 2.24) is 4.90 Å². The van der Waals surface area contributed by atoms with E-state index in [1.807, 2.05) is 54.6 Å². The van der Waals surface area contributed by atoms with Crippen molar-refractivity contribution in [1.29, 1.82) is 0 Å². The van der Waals surface area contributed by atoms with Gasteiger partial charge in [-0.25, -0.2) is 0 Å². The van der Waals surface area contributed by atoms with E-state index >= 15 is 0 Å². The van der Waals surface area contributed by atoms with E-state index in [0.717, 1.165) is 11.4 Å². The van der Waals surface area contributed by atoms with Crippen LogP contribution in [-0.4, -0.2) is 48.9 Å². The Labute approximate surface area is 182 Å². The second kappa shape index (κ2) is 9.64. The second-order valence-corrected chi connectivity index (χ2v) is 7.87. The highest BCUT2D eigenvalue weighted by molar-refractivity contribution is 5.97. The summed E-state index contributed by atoms with van der Waals surface area (Å²) in [5.74, 6) is 0.498. The van der Waals surface area contributed by atoms with Crippen LogP contribution in [0.4, 0.5) is 11.4 Å². The minimum absolute atomic E-state index is 0.000500. The quantitative estimate of drug-likeness (QED) is 0.805. The molecule has 1 N–H and O–H groups in total. The first-order valence-corrected chi connectivity index (χ1v) is 10.8. The molecule has 0 radical (unpaired) electrons. The van der Waals surface area contributed by atoms with E-state index < -0.39 is 0 Å². The van der Waals surface area contributed by atoms with Crippen LogP contribution in [0.5, 0.6) is 5.75 Å². The molecule has 0 aromatic heterocycles. The largest absolute Gasteiger partial charge is 0.490 e. The van der Waals surface area contributed by atoms with Crippen LogP contribution in [0.25, 0.3) is 0 Å². The molecule has 0 saturated carbocycles. The molecular formula is C24H27N3O4. The van der Waals surface area contributed by atoms with Crippen LogP contribution in [-0.2, 0) is 14.4 Å². The van der Waals surface area contributed by atoms with Crippen LogP contribution in [0.3, 0.4) is 0 Å². The molecule has 1 saturated heterocycles. The Kier molecular flexibility index (Phi) is 6.50. The zero-order chi connectivity index (χ0) is 21.6. The molecule has 162 valence electrons. The summed E-state index contributed by atoms with van der Waals surface area (Å²) in [7, 11) is 0. The fourth-order valence-electron chi connectivity index (χ4n) is 4.09. The van der Waals surface area contributed by atoms with Crippen molar-refractivity contribution in [2.75, 3.05) is 36.5 Å². The number of hydrogen-bond donors (Lipinski definition) is 1. The van der Waals surface area contributed by atoms with Gasteiger partial charge in [-0.05, 0) is 37.1 Å². The molecule has 2 aromatic carbocycles. The van der Waals surface area contributed by atoms with E-state index in [0.29, 0.717) is 44.8 Å². The summed E-state index contributed by atoms with van der Waals surface area (Å²) in [4.78, 5) is 41.3. The normalized spacial score (nSPS) is 16.3. The summed E-state index contributed by atoms with van der Waals surface area (Å²) in [5.41, 5.74) is 1.55. The van der Waals surface area contributed by atoms with E-state index in [1.54, 1.807) is 9.80 Å². The van der Waals surface area contributed by atoms with Gasteiger partial charge in [0.1, 0.15) is 12.4 Å². The number of piperidine rings is 1. The summed E-state index contributed by atoms with van der Waals surface area (Å²) in [5, 5.41) is 2.94. The van der Waals surface area contributed by atoms with Crippen LogP contribution in [0, 0.1) is 5.92 Å². The number of carbonyl (C=O) groups excluding carboxylic acids is 3. The molecule has 1 fully saturated rings. The molecule has 31 heavy (non-hydrogen) atoms. The number of fused-ring (bicyclic) bond motifs is 1. The number of likely N-dealkylation sites (tertiary alicyclic amines) is 1. The predicted octanol–water partition coefficient (Wildman–Crippen LogP) is 3.07. The van der Waals surface area contributed by atoms with Crippen molar-refractivity contribution >= 4 is 29.1 Å². The Hall–Kier alpha value is -3.35. The number of nitrogens with zero attached hydrogens (tertiary/aromatic N) is 2. The number of rotatable bonds is 5.